The van der Waals surface area contributed by atoms with Crippen molar-refractivity contribution in [3.8, 4) is 23.0 Å². The molecule has 0 fully saturated rings. The average Bonchev–Trinajstić information content (AvgIpc) is 3.14. The van der Waals surface area contributed by atoms with Crippen molar-refractivity contribution in [2.75, 3.05) is 10.6 Å². The van der Waals surface area contributed by atoms with Crippen molar-refractivity contribution in [2.45, 2.75) is 0 Å². The third-order valence-corrected chi connectivity index (χ3v) is 7.46. The number of carbonyl (C=O) groups is 2. The summed E-state index contributed by atoms with van der Waals surface area (Å²) in [5.74, 6) is -1.78. The molecule has 6 N–H and O–H groups in total. The summed E-state index contributed by atoms with van der Waals surface area (Å²) in [5, 5.41) is 61.9. The summed E-state index contributed by atoms with van der Waals surface area (Å²) in [5.41, 5.74) is 1.80. The van der Waals surface area contributed by atoms with Gasteiger partial charge in [-0.25, -0.2) is 0 Å². The topological polar surface area (TPSA) is 189 Å². The molecule has 53 heavy (non-hydrogen) atoms. The molecule has 0 saturated carbocycles. The van der Waals surface area contributed by atoms with Crippen molar-refractivity contribution in [3.05, 3.63) is 155 Å². The molecule has 0 aromatic heterocycles. The standard InChI is InChI=1S/2C19H14ClN3O3.Fe/c2*20-12-9-10-17(24)16(11-12)23-22-15-8-4-7-14(18(15)25)19(26)21-13-5-2-1-3-6-13;/h2*1-11,24-25H,(H,21,26);. The molecular formula is C38H28Cl2FeN6O6. The minimum absolute atomic E-state index is 0. The number of para-hydroxylation sites is 4. The first-order valence-corrected chi connectivity index (χ1v) is 16.0. The zero-order chi connectivity index (χ0) is 37.0. The number of phenolic OH excluding ortho intramolecular Hbond substituents is 4. The Balaban J connectivity index is 0.000000232. The molecule has 0 bridgehead atoms. The molecule has 0 unspecified atom stereocenters. The van der Waals surface area contributed by atoms with Gasteiger partial charge in [0.15, 0.2) is 11.5 Å². The Hall–Kier alpha value is -6.24. The average molecular weight is 791 g/mol. The normalized spacial score (nSPS) is 10.6. The molecule has 15 heteroatoms. The number of nitrogens with zero attached hydrogens (tertiary/aromatic N) is 4. The Kier molecular flexibility index (Phi) is 14.1. The van der Waals surface area contributed by atoms with Gasteiger partial charge in [0.2, 0.25) is 0 Å². The predicted molar refractivity (Wildman–Crippen MR) is 200 cm³/mol. The van der Waals surface area contributed by atoms with Crippen LogP contribution in [0.3, 0.4) is 0 Å². The van der Waals surface area contributed by atoms with Crippen LogP contribution in [0.15, 0.2) is 154 Å². The van der Waals surface area contributed by atoms with Gasteiger partial charge in [0.05, 0.1) is 11.1 Å². The minimum Gasteiger partial charge on any atom is -0.506 e. The summed E-state index contributed by atoms with van der Waals surface area (Å²) in [6.45, 7) is 0. The summed E-state index contributed by atoms with van der Waals surface area (Å²) in [4.78, 5) is 24.7. The second kappa shape index (κ2) is 18.8. The van der Waals surface area contributed by atoms with Crippen LogP contribution < -0.4 is 10.6 Å². The van der Waals surface area contributed by atoms with E-state index in [2.05, 4.69) is 31.1 Å². The van der Waals surface area contributed by atoms with Gasteiger partial charge in [-0.1, -0.05) is 71.7 Å². The van der Waals surface area contributed by atoms with Crippen molar-refractivity contribution >= 4 is 69.1 Å². The third-order valence-electron chi connectivity index (χ3n) is 6.99. The Bertz CT molecular complexity index is 2120. The van der Waals surface area contributed by atoms with E-state index in [0.717, 1.165) is 0 Å². The Morgan fingerprint density at radius 2 is 0.811 bits per heavy atom. The molecule has 12 nitrogen and oxygen atoms in total. The number of hydrogen-bond donors (Lipinski definition) is 6. The summed E-state index contributed by atoms with van der Waals surface area (Å²) < 4.78 is 0. The largest absolute Gasteiger partial charge is 0.506 e. The van der Waals surface area contributed by atoms with Gasteiger partial charge in [0.1, 0.15) is 34.2 Å². The number of nitrogens with one attached hydrogen (secondary N) is 2. The molecule has 268 valence electrons. The quantitative estimate of drug-likeness (QED) is 0.0657. The van der Waals surface area contributed by atoms with Crippen LogP contribution >= 0.6 is 23.2 Å². The maximum atomic E-state index is 12.4. The zero-order valence-electron chi connectivity index (χ0n) is 27.2. The van der Waals surface area contributed by atoms with Crippen LogP contribution in [-0.4, -0.2) is 32.2 Å². The van der Waals surface area contributed by atoms with Crippen molar-refractivity contribution in [1.82, 2.24) is 0 Å². The van der Waals surface area contributed by atoms with Gasteiger partial charge in [-0.3, -0.25) is 9.59 Å². The van der Waals surface area contributed by atoms with E-state index in [1.54, 1.807) is 60.7 Å². The number of azo groups is 2. The zero-order valence-corrected chi connectivity index (χ0v) is 29.8. The molecule has 0 aliphatic carbocycles. The fourth-order valence-electron chi connectivity index (χ4n) is 4.40. The van der Waals surface area contributed by atoms with Crippen LogP contribution in [0.4, 0.5) is 34.1 Å². The second-order valence-corrected chi connectivity index (χ2v) is 11.5. The van der Waals surface area contributed by atoms with Crippen molar-refractivity contribution in [1.29, 1.82) is 0 Å². The van der Waals surface area contributed by atoms with E-state index in [4.69, 9.17) is 23.2 Å². The summed E-state index contributed by atoms with van der Waals surface area (Å²) >= 11 is 11.7. The third kappa shape index (κ3) is 10.9. The van der Waals surface area contributed by atoms with Crippen LogP contribution in [0, 0.1) is 0 Å². The number of aromatic hydroxyl groups is 4. The summed E-state index contributed by atoms with van der Waals surface area (Å²) in [6, 6.07) is 35.5. The molecule has 0 radical (unpaired) electrons. The molecule has 6 aromatic carbocycles. The van der Waals surface area contributed by atoms with Crippen LogP contribution in [0.25, 0.3) is 0 Å². The SMILES string of the molecule is O=C(Nc1ccccc1)c1cccc(N=Nc2cc(Cl)ccc2O)c1O.O=C(Nc1ccccc1)c1cccc(N=Nc2cc(Cl)ccc2O)c1O.[Fe]. The molecule has 0 heterocycles. The van der Waals surface area contributed by atoms with E-state index in [0.29, 0.717) is 21.4 Å². The summed E-state index contributed by atoms with van der Waals surface area (Å²) in [6.07, 6.45) is 0. The number of benzene rings is 6. The van der Waals surface area contributed by atoms with E-state index in [-0.39, 0.29) is 73.9 Å². The van der Waals surface area contributed by atoms with E-state index < -0.39 is 11.8 Å². The van der Waals surface area contributed by atoms with Gasteiger partial charge in [0, 0.05) is 38.5 Å². The van der Waals surface area contributed by atoms with Crippen LogP contribution in [0.2, 0.25) is 10.0 Å². The number of carbonyl (C=O) groups excluding carboxylic acids is 2. The van der Waals surface area contributed by atoms with E-state index in [1.807, 2.05) is 12.1 Å². The number of halogens is 2. The molecule has 6 rings (SSSR count). The van der Waals surface area contributed by atoms with Crippen molar-refractivity contribution in [2.24, 2.45) is 20.5 Å². The number of hydrogen-bond acceptors (Lipinski definition) is 10. The molecule has 6 aromatic rings. The predicted octanol–water partition coefficient (Wildman–Crippen LogP) is 10.8. The van der Waals surface area contributed by atoms with Crippen LogP contribution in [0.5, 0.6) is 23.0 Å². The minimum atomic E-state index is -0.476. The second-order valence-electron chi connectivity index (χ2n) is 10.7. The van der Waals surface area contributed by atoms with Gasteiger partial charge in [-0.05, 0) is 84.9 Å². The Morgan fingerprint density at radius 1 is 0.453 bits per heavy atom. The van der Waals surface area contributed by atoms with Crippen LogP contribution in [0.1, 0.15) is 20.7 Å². The van der Waals surface area contributed by atoms with Gasteiger partial charge >= 0.3 is 0 Å². The molecule has 0 aliphatic rings. The van der Waals surface area contributed by atoms with Crippen LogP contribution in [-0.2, 0) is 17.1 Å². The summed E-state index contributed by atoms with van der Waals surface area (Å²) in [7, 11) is 0. The first-order chi connectivity index (χ1) is 25.1. The molecule has 2 amide bonds. The number of phenols is 4. The Morgan fingerprint density at radius 3 is 1.19 bits per heavy atom. The first kappa shape index (κ1) is 39.5. The van der Waals surface area contributed by atoms with Gasteiger partial charge in [-0.15, -0.1) is 20.5 Å². The van der Waals surface area contributed by atoms with E-state index in [1.165, 1.54) is 60.7 Å². The van der Waals surface area contributed by atoms with Crippen molar-refractivity contribution < 1.29 is 47.1 Å². The van der Waals surface area contributed by atoms with Crippen molar-refractivity contribution in [3.63, 3.8) is 0 Å². The molecule has 0 saturated heterocycles. The fourth-order valence-corrected chi connectivity index (χ4v) is 4.73. The van der Waals surface area contributed by atoms with Gasteiger partial charge < -0.3 is 31.1 Å². The van der Waals surface area contributed by atoms with Gasteiger partial charge in [0.25, 0.3) is 11.8 Å². The van der Waals surface area contributed by atoms with E-state index in [9.17, 15) is 30.0 Å². The smallest absolute Gasteiger partial charge is 0.259 e. The Labute approximate surface area is 323 Å². The molecular weight excluding hydrogens is 763 g/mol. The maximum absolute atomic E-state index is 12.4. The molecule has 0 atom stereocenters. The fraction of sp³-hybridized carbons (Fsp3) is 0. The number of anilines is 2. The maximum Gasteiger partial charge on any atom is 0.259 e. The number of rotatable bonds is 8. The number of amides is 2. The first-order valence-electron chi connectivity index (χ1n) is 15.3. The van der Waals surface area contributed by atoms with Gasteiger partial charge in [-0.2, -0.15) is 0 Å². The molecule has 0 aliphatic heterocycles. The van der Waals surface area contributed by atoms with E-state index >= 15 is 0 Å². The molecule has 0 spiro atoms. The monoisotopic (exact) mass is 790 g/mol.